The van der Waals surface area contributed by atoms with Gasteiger partial charge in [-0.05, 0) is 42.0 Å². The minimum absolute atomic E-state index is 0.0466. The second-order valence-electron chi connectivity index (χ2n) is 15.8. The van der Waals surface area contributed by atoms with Crippen LogP contribution in [0.15, 0.2) is 54.3 Å². The van der Waals surface area contributed by atoms with Crippen molar-refractivity contribution in [3.05, 3.63) is 71.0 Å². The molecule has 4 heterocycles. The largest absolute Gasteiger partial charge is 0.571 e. The van der Waals surface area contributed by atoms with Gasteiger partial charge in [0.25, 0.3) is 11.9 Å². The fraction of sp³-hybridized carbons (Fsp3) is 0.465. The first-order chi connectivity index (χ1) is 31.9. The Morgan fingerprint density at radius 3 is 1.94 bits per heavy atom. The topological polar surface area (TPSA) is 376 Å². The lowest BCUT2D eigenvalue weighted by molar-refractivity contribution is -0.333. The van der Waals surface area contributed by atoms with Gasteiger partial charge in [0.15, 0.2) is 41.3 Å². The molecule has 0 amide bonds. The van der Waals surface area contributed by atoms with Crippen molar-refractivity contribution < 1.29 is 119 Å². The molecule has 7 rings (SSSR count). The Kier molecular flexibility index (Phi) is 15.2. The van der Waals surface area contributed by atoms with Crippen LogP contribution < -0.4 is 9.47 Å². The SMILES string of the molecule is COc1cc(/C=C/C(=O)OC[C@H]2O[C@@H](OC[C@H]3O[C@@H](OC4=Cc5c(O)cc(O)cc5[OH+]C4c4ccc(O)c(O)c4)[C@H](OCC4O[C@@H](O)[C@H](O)[C@H]4O)[C@@H](O)[C@H]3O)[C@H](O)[C@@H](O)[C@@H]2O)cc(OC)c1O. The molecule has 3 fully saturated rings. The van der Waals surface area contributed by atoms with Crippen molar-refractivity contribution in [1.82, 2.24) is 0 Å². The van der Waals surface area contributed by atoms with Crippen molar-refractivity contribution in [3.8, 4) is 46.0 Å². The van der Waals surface area contributed by atoms with Crippen LogP contribution in [-0.2, 0) is 38.0 Å². The maximum absolute atomic E-state index is 12.7. The number of methoxy groups -OCH3 is 2. The fourth-order valence-corrected chi connectivity index (χ4v) is 7.63. The highest BCUT2D eigenvalue weighted by Crippen LogP contribution is 2.47. The van der Waals surface area contributed by atoms with E-state index in [1.165, 1.54) is 50.6 Å². The van der Waals surface area contributed by atoms with E-state index in [2.05, 4.69) is 4.74 Å². The third kappa shape index (κ3) is 10.6. The van der Waals surface area contributed by atoms with E-state index >= 15 is 0 Å². The number of benzene rings is 3. The molecule has 0 saturated carbocycles. The van der Waals surface area contributed by atoms with Gasteiger partial charge < -0.3 is 114 Å². The summed E-state index contributed by atoms with van der Waals surface area (Å²) < 4.78 is 54.8. The molecule has 0 radical (unpaired) electrons. The standard InChI is InChI=1S/C43H50O24/c1-58-24-7-16(8-25(59-2)31(24)49)3-6-30(48)60-13-28-32(50)35(53)38(56)42(66-28)62-15-29-33(51)36(54)40(61-14-27-34(52)37(55)41(57)64-27)43(67-29)65-26-12-19-21(46)10-18(44)11-23(19)63-39(26)17-4-5-20(45)22(47)9-17/h3-12,27-29,32-47,49-57H,13-15H2,1-2H3/p+1/b6-3+/t27?,28-,29-,32-,33+,34+,35+,36+,37-,38-,39?,40-,41-,42-,43-/m1/s1. The summed E-state index contributed by atoms with van der Waals surface area (Å²) in [4.78, 5) is 12.7. The van der Waals surface area contributed by atoms with E-state index in [9.17, 15) is 71.2 Å². The molecule has 67 heavy (non-hydrogen) atoms. The quantitative estimate of drug-likeness (QED) is 0.0337. The summed E-state index contributed by atoms with van der Waals surface area (Å²) in [5.74, 6) is -2.94. The average molecular weight is 952 g/mol. The Bertz CT molecular complexity index is 2260. The van der Waals surface area contributed by atoms with Crippen molar-refractivity contribution in [2.24, 2.45) is 0 Å². The van der Waals surface area contributed by atoms with Gasteiger partial charge in [0.2, 0.25) is 12.0 Å². The molecule has 14 N–H and O–H groups in total. The van der Waals surface area contributed by atoms with Crippen LogP contribution in [0.4, 0.5) is 0 Å². The molecule has 0 aromatic heterocycles. The summed E-state index contributed by atoms with van der Waals surface area (Å²) in [7, 11) is 2.64. The number of rotatable bonds is 15. The molecule has 0 aliphatic carbocycles. The summed E-state index contributed by atoms with van der Waals surface area (Å²) in [5.41, 5.74) is 0.626. The maximum atomic E-state index is 12.7. The predicted molar refractivity (Wildman–Crippen MR) is 220 cm³/mol. The molecule has 366 valence electrons. The van der Waals surface area contributed by atoms with E-state index in [1.807, 2.05) is 0 Å². The van der Waals surface area contributed by atoms with Gasteiger partial charge in [-0.15, -0.1) is 0 Å². The van der Waals surface area contributed by atoms with Crippen LogP contribution in [0.25, 0.3) is 12.2 Å². The van der Waals surface area contributed by atoms with Gasteiger partial charge in [-0.1, -0.05) is 0 Å². The van der Waals surface area contributed by atoms with E-state index in [4.69, 9.17) is 42.6 Å². The lowest BCUT2D eigenvalue weighted by Crippen LogP contribution is -2.62. The van der Waals surface area contributed by atoms with Crippen LogP contribution in [-0.4, -0.2) is 197 Å². The molecule has 2 unspecified atom stereocenters. The zero-order valence-corrected chi connectivity index (χ0v) is 35.4. The Balaban J connectivity index is 1.09. The minimum atomic E-state index is -1.94. The number of carbonyl (C=O) groups excluding carboxylic acids is 1. The van der Waals surface area contributed by atoms with Gasteiger partial charge in [-0.2, -0.15) is 0 Å². The molecule has 3 aromatic rings. The fourth-order valence-electron chi connectivity index (χ4n) is 7.63. The number of carbonyl (C=O) groups is 1. The van der Waals surface area contributed by atoms with Gasteiger partial charge in [0.1, 0.15) is 90.8 Å². The van der Waals surface area contributed by atoms with Gasteiger partial charge in [0, 0.05) is 18.2 Å². The van der Waals surface area contributed by atoms with Crippen molar-refractivity contribution in [2.45, 2.75) is 92.1 Å². The van der Waals surface area contributed by atoms with E-state index in [-0.39, 0.29) is 45.6 Å². The number of phenols is 5. The van der Waals surface area contributed by atoms with Crippen LogP contribution in [0.2, 0.25) is 0 Å². The van der Waals surface area contributed by atoms with Gasteiger partial charge in [-0.25, -0.2) is 4.79 Å². The van der Waals surface area contributed by atoms with E-state index in [1.54, 1.807) is 0 Å². The van der Waals surface area contributed by atoms with Crippen LogP contribution in [0.5, 0.6) is 46.0 Å². The molecule has 3 aromatic carbocycles. The Hall–Kier alpha value is -5.71. The van der Waals surface area contributed by atoms with E-state index < -0.39 is 135 Å². The van der Waals surface area contributed by atoms with Crippen molar-refractivity contribution in [2.75, 3.05) is 34.0 Å². The molecular formula is C43H51O24+. The van der Waals surface area contributed by atoms with Crippen LogP contribution in [0, 0.1) is 0 Å². The molecule has 0 spiro atoms. The lowest BCUT2D eigenvalue weighted by Gasteiger charge is -2.44. The number of hydrogen-bond acceptors (Lipinski definition) is 23. The third-order valence-electron chi connectivity index (χ3n) is 11.3. The van der Waals surface area contributed by atoms with E-state index in [0.717, 1.165) is 24.3 Å². The third-order valence-corrected chi connectivity index (χ3v) is 11.3. The molecule has 0 bridgehead atoms. The van der Waals surface area contributed by atoms with Crippen LogP contribution in [0.3, 0.4) is 0 Å². The number of aliphatic hydroxyl groups is 9. The molecule has 3 saturated heterocycles. The van der Waals surface area contributed by atoms with Gasteiger partial charge in [0.05, 0.1) is 39.1 Å². The first-order valence-corrected chi connectivity index (χ1v) is 20.5. The average Bonchev–Trinajstić information content (AvgIpc) is 3.55. The summed E-state index contributed by atoms with van der Waals surface area (Å²) >= 11 is 0. The second kappa shape index (κ2) is 20.7. The molecular weight excluding hydrogens is 900 g/mol. The van der Waals surface area contributed by atoms with Gasteiger partial charge in [-0.3, -0.25) is 0 Å². The summed E-state index contributed by atoms with van der Waals surface area (Å²) in [6.45, 7) is -2.03. The molecule has 15 atom stereocenters. The van der Waals surface area contributed by atoms with Crippen molar-refractivity contribution in [3.63, 3.8) is 0 Å². The molecule has 24 nitrogen and oxygen atoms in total. The highest BCUT2D eigenvalue weighted by Gasteiger charge is 2.51. The Labute approximate surface area is 379 Å². The zero-order chi connectivity index (χ0) is 48.4. The zero-order valence-electron chi connectivity index (χ0n) is 35.4. The van der Waals surface area contributed by atoms with Gasteiger partial charge >= 0.3 is 5.97 Å². The Morgan fingerprint density at radius 1 is 0.657 bits per heavy atom. The predicted octanol–water partition coefficient (Wildman–Crippen LogP) is -2.06. The highest BCUT2D eigenvalue weighted by atomic mass is 16.7. The summed E-state index contributed by atoms with van der Waals surface area (Å²) in [5, 5.41) is 137. The number of aliphatic hydroxyl groups excluding tert-OH is 8. The monoisotopic (exact) mass is 951 g/mol. The highest BCUT2D eigenvalue weighted by molar-refractivity contribution is 5.87. The summed E-state index contributed by atoms with van der Waals surface area (Å²) in [6, 6.07) is 8.80. The smallest absolute Gasteiger partial charge is 0.330 e. The van der Waals surface area contributed by atoms with Crippen molar-refractivity contribution in [1.29, 1.82) is 0 Å². The number of hydrogen-bond donors (Lipinski definition) is 13. The number of esters is 1. The number of aromatic hydroxyl groups is 6. The van der Waals surface area contributed by atoms with Crippen LogP contribution >= 0.6 is 0 Å². The first-order valence-electron chi connectivity index (χ1n) is 20.5. The molecule has 4 aliphatic rings. The maximum Gasteiger partial charge on any atom is 0.330 e. The van der Waals surface area contributed by atoms with Crippen molar-refractivity contribution >= 4 is 18.1 Å². The number of phenolic OH excluding ortho intramolecular Hbond substituents is 5. The number of ether oxygens (including phenoxy) is 10. The Morgan fingerprint density at radius 2 is 1.28 bits per heavy atom. The molecule has 24 heteroatoms. The second-order valence-corrected chi connectivity index (χ2v) is 15.8. The van der Waals surface area contributed by atoms with E-state index in [0.29, 0.717) is 5.56 Å². The molecule has 4 aliphatic heterocycles. The van der Waals surface area contributed by atoms with Crippen LogP contribution in [0.1, 0.15) is 22.8 Å². The normalized spacial score (nSPS) is 32.8. The first kappa shape index (κ1) is 49.2. The number of fused-ring (bicyclic) bond motifs is 1. The lowest BCUT2D eigenvalue weighted by atomic mass is 9.97. The summed E-state index contributed by atoms with van der Waals surface area (Å²) in [6.07, 6.45) is -21.9. The minimum Gasteiger partial charge on any atom is -0.571 e.